The molecule has 0 aliphatic carbocycles. The minimum absolute atomic E-state index is 0.351. The van der Waals surface area contributed by atoms with Crippen molar-refractivity contribution in [1.29, 1.82) is 5.26 Å². The van der Waals surface area contributed by atoms with Crippen LogP contribution in [0.3, 0.4) is 0 Å². The Morgan fingerprint density at radius 2 is 2.10 bits per heavy atom. The first kappa shape index (κ1) is 20.0. The van der Waals surface area contributed by atoms with Gasteiger partial charge in [-0.05, 0) is 75.5 Å². The molecule has 3 aliphatic heterocycles. The lowest BCUT2D eigenvalue weighted by atomic mass is 9.84. The van der Waals surface area contributed by atoms with Gasteiger partial charge in [0, 0.05) is 18.2 Å². The maximum absolute atomic E-state index is 9.68. The van der Waals surface area contributed by atoms with E-state index in [1.807, 2.05) is 38.1 Å². The summed E-state index contributed by atoms with van der Waals surface area (Å²) in [4.78, 5) is 15.2. The van der Waals surface area contributed by atoms with E-state index in [2.05, 4.69) is 31.2 Å². The average molecular weight is 417 g/mol. The van der Waals surface area contributed by atoms with E-state index in [4.69, 9.17) is 4.74 Å². The van der Waals surface area contributed by atoms with Crippen molar-refractivity contribution in [2.75, 3.05) is 26.2 Å². The number of piperidine rings is 3. The largest absolute Gasteiger partial charge is 0.494 e. The molecule has 3 aromatic rings. The Bertz CT molecular complexity index is 1140. The van der Waals surface area contributed by atoms with Crippen LogP contribution >= 0.6 is 0 Å². The molecule has 3 aliphatic rings. The second-order valence-corrected chi connectivity index (χ2v) is 8.59. The van der Waals surface area contributed by atoms with Gasteiger partial charge < -0.3 is 19.9 Å². The zero-order valence-corrected chi connectivity index (χ0v) is 18.1. The topological polar surface area (TPSA) is 89.9 Å². The summed E-state index contributed by atoms with van der Waals surface area (Å²) in [6, 6.07) is 10.7. The zero-order valence-electron chi connectivity index (χ0n) is 18.1. The fraction of sp³-hybridized carbons (Fsp3) is 0.458. The molecule has 6 rings (SSSR count). The number of ether oxygens (including phenoxy) is 1. The van der Waals surface area contributed by atoms with Crippen LogP contribution in [0.5, 0.6) is 5.75 Å². The highest BCUT2D eigenvalue weighted by atomic mass is 16.5. The normalized spacial score (nSPS) is 22.5. The van der Waals surface area contributed by atoms with E-state index >= 15 is 0 Å². The number of nitriles is 1. The molecular formula is C24H28N6O. The third kappa shape index (κ3) is 3.89. The molecular weight excluding hydrogens is 388 g/mol. The second-order valence-electron chi connectivity index (χ2n) is 8.59. The Kier molecular flexibility index (Phi) is 5.34. The van der Waals surface area contributed by atoms with E-state index in [1.165, 1.54) is 25.9 Å². The SMILES string of the molecule is CCOc1ccc(-c2cc3[nH]c(CNC4CN5CCC4CC5)nc3c(C#N)n2)cc1C. The number of rotatable bonds is 6. The van der Waals surface area contributed by atoms with E-state index in [0.717, 1.165) is 46.4 Å². The molecule has 0 amide bonds. The lowest BCUT2D eigenvalue weighted by Crippen LogP contribution is -2.55. The number of aromatic amines is 1. The summed E-state index contributed by atoms with van der Waals surface area (Å²) in [7, 11) is 0. The maximum atomic E-state index is 9.68. The lowest BCUT2D eigenvalue weighted by Gasteiger charge is -2.45. The fourth-order valence-corrected chi connectivity index (χ4v) is 4.92. The molecule has 0 radical (unpaired) electrons. The highest BCUT2D eigenvalue weighted by Crippen LogP contribution is 2.29. The summed E-state index contributed by atoms with van der Waals surface area (Å²) >= 11 is 0. The molecule has 31 heavy (non-hydrogen) atoms. The van der Waals surface area contributed by atoms with Gasteiger partial charge in [0.15, 0.2) is 5.69 Å². The van der Waals surface area contributed by atoms with Crippen molar-refractivity contribution in [1.82, 2.24) is 25.2 Å². The summed E-state index contributed by atoms with van der Waals surface area (Å²) in [5.41, 5.74) is 4.60. The van der Waals surface area contributed by atoms with Crippen LogP contribution in [0.25, 0.3) is 22.3 Å². The minimum Gasteiger partial charge on any atom is -0.494 e. The summed E-state index contributed by atoms with van der Waals surface area (Å²) in [6.07, 6.45) is 2.57. The molecule has 1 aromatic carbocycles. The Labute approximate surface area is 182 Å². The van der Waals surface area contributed by atoms with Gasteiger partial charge in [0.1, 0.15) is 23.2 Å². The molecule has 7 nitrogen and oxygen atoms in total. The van der Waals surface area contributed by atoms with Crippen LogP contribution in [-0.2, 0) is 6.54 Å². The van der Waals surface area contributed by atoms with Gasteiger partial charge in [0.2, 0.25) is 0 Å². The predicted molar refractivity (Wildman–Crippen MR) is 120 cm³/mol. The number of imidazole rings is 1. The Balaban J connectivity index is 1.40. The van der Waals surface area contributed by atoms with Crippen LogP contribution in [0.2, 0.25) is 0 Å². The zero-order chi connectivity index (χ0) is 21.4. The lowest BCUT2D eigenvalue weighted by molar-refractivity contribution is 0.0717. The van der Waals surface area contributed by atoms with Gasteiger partial charge in [-0.15, -0.1) is 0 Å². The van der Waals surface area contributed by atoms with Gasteiger partial charge in [-0.1, -0.05) is 0 Å². The van der Waals surface area contributed by atoms with Crippen molar-refractivity contribution in [3.8, 4) is 23.1 Å². The number of benzene rings is 1. The van der Waals surface area contributed by atoms with Crippen LogP contribution in [-0.4, -0.2) is 52.1 Å². The van der Waals surface area contributed by atoms with Crippen LogP contribution in [0.1, 0.15) is 36.8 Å². The number of hydrogen-bond acceptors (Lipinski definition) is 6. The average Bonchev–Trinajstić information content (AvgIpc) is 3.22. The Hall–Kier alpha value is -2.95. The van der Waals surface area contributed by atoms with Crippen molar-refractivity contribution in [2.45, 2.75) is 39.3 Å². The molecule has 5 heterocycles. The first-order chi connectivity index (χ1) is 15.1. The number of nitrogens with one attached hydrogen (secondary N) is 2. The van der Waals surface area contributed by atoms with Crippen LogP contribution < -0.4 is 10.1 Å². The smallest absolute Gasteiger partial charge is 0.169 e. The Morgan fingerprint density at radius 1 is 1.26 bits per heavy atom. The second kappa shape index (κ2) is 8.29. The van der Waals surface area contributed by atoms with E-state index in [-0.39, 0.29) is 0 Å². The van der Waals surface area contributed by atoms with E-state index in [9.17, 15) is 5.26 Å². The summed E-state index contributed by atoms with van der Waals surface area (Å²) in [5.74, 6) is 2.49. The maximum Gasteiger partial charge on any atom is 0.169 e. The quantitative estimate of drug-likeness (QED) is 0.640. The highest BCUT2D eigenvalue weighted by Gasteiger charge is 2.33. The van der Waals surface area contributed by atoms with Gasteiger partial charge in [0.25, 0.3) is 0 Å². The molecule has 7 heteroatoms. The molecule has 1 atom stereocenters. The van der Waals surface area contributed by atoms with Crippen molar-refractivity contribution in [3.05, 3.63) is 41.3 Å². The molecule has 0 spiro atoms. The number of fused-ring (bicyclic) bond motifs is 4. The summed E-state index contributed by atoms with van der Waals surface area (Å²) in [5, 5.41) is 13.4. The fourth-order valence-electron chi connectivity index (χ4n) is 4.92. The van der Waals surface area contributed by atoms with Crippen molar-refractivity contribution >= 4 is 11.0 Å². The Morgan fingerprint density at radius 3 is 2.77 bits per heavy atom. The van der Waals surface area contributed by atoms with Crippen LogP contribution in [0, 0.1) is 24.2 Å². The standard InChI is InChI=1S/C24H28N6O/c1-3-31-22-5-4-17(10-15(22)2)18-11-19-24(20(12-25)27-18)29-23(28-19)13-26-21-14-30-8-6-16(21)7-9-30/h4-5,10-11,16,21,26H,3,6-9,13-14H2,1-2H3,(H,28,29). The van der Waals surface area contributed by atoms with Crippen LogP contribution in [0.4, 0.5) is 0 Å². The molecule has 1 unspecified atom stereocenters. The number of hydrogen-bond donors (Lipinski definition) is 2. The van der Waals surface area contributed by atoms with Gasteiger partial charge in [-0.3, -0.25) is 0 Å². The van der Waals surface area contributed by atoms with E-state index < -0.39 is 0 Å². The number of aromatic nitrogens is 3. The molecule has 160 valence electrons. The molecule has 2 N–H and O–H groups in total. The van der Waals surface area contributed by atoms with Gasteiger partial charge in [-0.2, -0.15) is 5.26 Å². The molecule has 0 saturated carbocycles. The van der Waals surface area contributed by atoms with Crippen molar-refractivity contribution < 1.29 is 4.74 Å². The summed E-state index contributed by atoms with van der Waals surface area (Å²) < 4.78 is 5.64. The molecule has 2 aromatic heterocycles. The van der Waals surface area contributed by atoms with Gasteiger partial charge >= 0.3 is 0 Å². The third-order valence-electron chi connectivity index (χ3n) is 6.58. The number of aryl methyl sites for hydroxylation is 1. The van der Waals surface area contributed by atoms with Crippen molar-refractivity contribution in [2.24, 2.45) is 5.92 Å². The molecule has 3 fully saturated rings. The van der Waals surface area contributed by atoms with Crippen molar-refractivity contribution in [3.63, 3.8) is 0 Å². The number of nitrogens with zero attached hydrogens (tertiary/aromatic N) is 4. The first-order valence-electron chi connectivity index (χ1n) is 11.1. The van der Waals surface area contributed by atoms with E-state index in [0.29, 0.717) is 30.4 Å². The van der Waals surface area contributed by atoms with E-state index in [1.54, 1.807) is 0 Å². The monoisotopic (exact) mass is 416 g/mol. The van der Waals surface area contributed by atoms with Gasteiger partial charge in [-0.25, -0.2) is 9.97 Å². The molecule has 2 bridgehead atoms. The third-order valence-corrected chi connectivity index (χ3v) is 6.58. The minimum atomic E-state index is 0.351. The number of H-pyrrole nitrogens is 1. The predicted octanol–water partition coefficient (Wildman–Crippen LogP) is 3.39. The van der Waals surface area contributed by atoms with Gasteiger partial charge in [0.05, 0.1) is 24.4 Å². The summed E-state index contributed by atoms with van der Waals surface area (Å²) in [6.45, 7) is 8.89. The molecule has 3 saturated heterocycles. The highest BCUT2D eigenvalue weighted by molar-refractivity contribution is 5.84. The number of pyridine rings is 1. The first-order valence-corrected chi connectivity index (χ1v) is 11.1. The van der Waals surface area contributed by atoms with Crippen LogP contribution in [0.15, 0.2) is 24.3 Å².